The van der Waals surface area contributed by atoms with Crippen molar-refractivity contribution in [1.82, 2.24) is 4.98 Å². The zero-order valence-corrected chi connectivity index (χ0v) is 12.6. The molecule has 0 saturated carbocycles. The van der Waals surface area contributed by atoms with Crippen molar-refractivity contribution in [1.29, 1.82) is 5.41 Å². The van der Waals surface area contributed by atoms with Crippen molar-refractivity contribution < 1.29 is 0 Å². The van der Waals surface area contributed by atoms with Crippen molar-refractivity contribution in [2.45, 2.75) is 5.03 Å². The number of H-pyrrole nitrogens is 1. The second-order valence-electron chi connectivity index (χ2n) is 4.70. The Morgan fingerprint density at radius 2 is 1.48 bits per heavy atom. The first kappa shape index (κ1) is 13.7. The Labute approximate surface area is 128 Å². The second-order valence-corrected chi connectivity index (χ2v) is 5.51. The van der Waals surface area contributed by atoms with Crippen LogP contribution < -0.4 is 0 Å². The molecule has 0 aliphatic carbocycles. The highest BCUT2D eigenvalue weighted by Crippen LogP contribution is 2.38. The molecule has 0 unspecified atom stereocenters. The van der Waals surface area contributed by atoms with Gasteiger partial charge in [-0.3, -0.25) is 0 Å². The first-order valence-corrected chi connectivity index (χ1v) is 7.99. The predicted molar refractivity (Wildman–Crippen MR) is 91.3 cm³/mol. The van der Waals surface area contributed by atoms with Gasteiger partial charge in [0.25, 0.3) is 0 Å². The molecule has 0 atom stereocenters. The Morgan fingerprint density at radius 1 is 0.905 bits per heavy atom. The van der Waals surface area contributed by atoms with Crippen LogP contribution in [-0.2, 0) is 0 Å². The van der Waals surface area contributed by atoms with E-state index in [4.69, 9.17) is 5.41 Å². The van der Waals surface area contributed by atoms with E-state index in [-0.39, 0.29) is 0 Å². The predicted octanol–water partition coefficient (Wildman–Crippen LogP) is 5.07. The number of hydrogen-bond acceptors (Lipinski definition) is 2. The summed E-state index contributed by atoms with van der Waals surface area (Å²) in [5.41, 5.74) is 5.39. The lowest BCUT2D eigenvalue weighted by Crippen LogP contribution is -1.86. The average molecular weight is 292 g/mol. The molecular formula is C18H16N2S. The molecule has 0 aliphatic rings. The molecule has 2 N–H and O–H groups in total. The minimum absolute atomic E-state index is 0.951. The third kappa shape index (κ3) is 2.52. The Balaban J connectivity index is 2.30. The highest BCUT2D eigenvalue weighted by atomic mass is 32.2. The molecule has 0 radical (unpaired) electrons. The van der Waals surface area contributed by atoms with E-state index in [9.17, 15) is 0 Å². The van der Waals surface area contributed by atoms with Gasteiger partial charge in [-0.15, -0.1) is 11.8 Å². The minimum Gasteiger partial charge on any atom is -0.349 e. The van der Waals surface area contributed by atoms with Crippen molar-refractivity contribution in [3.63, 3.8) is 0 Å². The molecule has 21 heavy (non-hydrogen) atoms. The number of nitrogens with one attached hydrogen (secondary N) is 2. The largest absolute Gasteiger partial charge is 0.349 e. The van der Waals surface area contributed by atoms with Gasteiger partial charge in [0.05, 0.1) is 10.7 Å². The number of rotatable bonds is 4. The maximum atomic E-state index is 7.80. The average Bonchev–Trinajstić information content (AvgIpc) is 2.95. The molecule has 3 aromatic rings. The van der Waals surface area contributed by atoms with Gasteiger partial charge in [0.2, 0.25) is 0 Å². The number of thioether (sulfide) groups is 1. The summed E-state index contributed by atoms with van der Waals surface area (Å²) in [6, 6.07) is 20.5. The van der Waals surface area contributed by atoms with E-state index < -0.39 is 0 Å². The summed E-state index contributed by atoms with van der Waals surface area (Å²) in [5, 5.41) is 8.83. The summed E-state index contributed by atoms with van der Waals surface area (Å²) in [5.74, 6) is 0. The van der Waals surface area contributed by atoms with E-state index in [2.05, 4.69) is 29.2 Å². The van der Waals surface area contributed by atoms with Crippen molar-refractivity contribution >= 4 is 18.0 Å². The number of hydrogen-bond donors (Lipinski definition) is 2. The molecule has 0 amide bonds. The summed E-state index contributed by atoms with van der Waals surface area (Å²) in [7, 11) is 0. The molecule has 1 heterocycles. The third-order valence-corrected chi connectivity index (χ3v) is 4.21. The Morgan fingerprint density at radius 3 is 2.00 bits per heavy atom. The van der Waals surface area contributed by atoms with Gasteiger partial charge in [-0.05, 0) is 17.4 Å². The van der Waals surface area contributed by atoms with Crippen molar-refractivity contribution in [2.75, 3.05) is 6.26 Å². The third-order valence-electron chi connectivity index (χ3n) is 3.48. The van der Waals surface area contributed by atoms with Gasteiger partial charge in [0.15, 0.2) is 0 Å². The summed E-state index contributed by atoms with van der Waals surface area (Å²) in [4.78, 5) is 3.48. The lowest BCUT2D eigenvalue weighted by Gasteiger charge is -2.06. The SMILES string of the molecule is CSc1[nH]c(-c2ccccc2)c(-c2ccccc2)c1C=N. The lowest BCUT2D eigenvalue weighted by atomic mass is 9.98. The van der Waals surface area contributed by atoms with Crippen LogP contribution in [0.15, 0.2) is 65.7 Å². The molecule has 0 fully saturated rings. The smallest absolute Gasteiger partial charge is 0.0819 e. The minimum atomic E-state index is 0.951. The quantitative estimate of drug-likeness (QED) is 0.511. The van der Waals surface area contributed by atoms with Crippen LogP contribution in [0.2, 0.25) is 0 Å². The van der Waals surface area contributed by atoms with E-state index in [0.29, 0.717) is 0 Å². The Kier molecular flexibility index (Phi) is 3.93. The van der Waals surface area contributed by atoms with Gasteiger partial charge in [-0.25, -0.2) is 0 Å². The molecule has 3 rings (SSSR count). The van der Waals surface area contributed by atoms with Crippen LogP contribution in [0, 0.1) is 5.41 Å². The maximum Gasteiger partial charge on any atom is 0.0819 e. The molecule has 0 spiro atoms. The molecule has 2 nitrogen and oxygen atoms in total. The van der Waals surface area contributed by atoms with Gasteiger partial charge >= 0.3 is 0 Å². The van der Waals surface area contributed by atoms with Gasteiger partial charge in [-0.2, -0.15) is 0 Å². The van der Waals surface area contributed by atoms with Gasteiger partial charge < -0.3 is 10.4 Å². The van der Waals surface area contributed by atoms with Gasteiger partial charge in [0, 0.05) is 17.3 Å². The van der Waals surface area contributed by atoms with Gasteiger partial charge in [0.1, 0.15) is 0 Å². The summed E-state index contributed by atoms with van der Waals surface area (Å²) in [6.07, 6.45) is 3.47. The van der Waals surface area contributed by atoms with Crippen LogP contribution >= 0.6 is 11.8 Å². The van der Waals surface area contributed by atoms with Crippen molar-refractivity contribution in [3.8, 4) is 22.4 Å². The van der Waals surface area contributed by atoms with Crippen molar-refractivity contribution in [3.05, 3.63) is 66.2 Å². The number of benzene rings is 2. The Hall–Kier alpha value is -2.26. The molecule has 1 aromatic heterocycles. The standard InChI is InChI=1S/C18H16N2S/c1-21-18-15(12-19)16(13-8-4-2-5-9-13)17(20-18)14-10-6-3-7-11-14/h2-12,19-20H,1H3. The molecule has 0 saturated heterocycles. The summed E-state index contributed by atoms with van der Waals surface area (Å²) >= 11 is 1.64. The number of aromatic amines is 1. The van der Waals surface area contributed by atoms with Crippen LogP contribution in [-0.4, -0.2) is 17.5 Å². The maximum absolute atomic E-state index is 7.80. The fraction of sp³-hybridized carbons (Fsp3) is 0.0556. The molecule has 104 valence electrons. The fourth-order valence-corrected chi connectivity index (χ4v) is 3.10. The molecular weight excluding hydrogens is 276 g/mol. The zero-order valence-electron chi connectivity index (χ0n) is 11.8. The normalized spacial score (nSPS) is 10.5. The van der Waals surface area contributed by atoms with Crippen LogP contribution in [0.25, 0.3) is 22.4 Å². The lowest BCUT2D eigenvalue weighted by molar-refractivity contribution is 1.20. The monoisotopic (exact) mass is 292 g/mol. The first-order chi connectivity index (χ1) is 10.3. The molecule has 3 heteroatoms. The van der Waals surface area contributed by atoms with E-state index in [0.717, 1.165) is 33.0 Å². The second kappa shape index (κ2) is 6.02. The summed E-state index contributed by atoms with van der Waals surface area (Å²) in [6.45, 7) is 0. The molecule has 0 bridgehead atoms. The number of aromatic nitrogens is 1. The molecule has 0 aliphatic heterocycles. The topological polar surface area (TPSA) is 39.6 Å². The summed E-state index contributed by atoms with van der Waals surface area (Å²) < 4.78 is 0. The highest BCUT2D eigenvalue weighted by Gasteiger charge is 2.17. The van der Waals surface area contributed by atoms with Crippen LogP contribution in [0.3, 0.4) is 0 Å². The Bertz CT molecular complexity index is 746. The molecule has 2 aromatic carbocycles. The highest BCUT2D eigenvalue weighted by molar-refractivity contribution is 7.98. The first-order valence-electron chi connectivity index (χ1n) is 6.76. The van der Waals surface area contributed by atoms with E-state index in [1.165, 1.54) is 6.21 Å². The zero-order chi connectivity index (χ0) is 14.7. The van der Waals surface area contributed by atoms with Crippen LogP contribution in [0.1, 0.15) is 5.56 Å². The van der Waals surface area contributed by atoms with Crippen LogP contribution in [0.4, 0.5) is 0 Å². The van der Waals surface area contributed by atoms with E-state index in [1.54, 1.807) is 11.8 Å². The van der Waals surface area contributed by atoms with E-state index in [1.807, 2.05) is 42.7 Å². The van der Waals surface area contributed by atoms with E-state index >= 15 is 0 Å². The van der Waals surface area contributed by atoms with Crippen molar-refractivity contribution in [2.24, 2.45) is 0 Å². The van der Waals surface area contributed by atoms with Gasteiger partial charge in [-0.1, -0.05) is 60.7 Å². The van der Waals surface area contributed by atoms with Crippen LogP contribution in [0.5, 0.6) is 0 Å². The fourth-order valence-electron chi connectivity index (χ4n) is 2.52.